The Morgan fingerprint density at radius 3 is 2.45 bits per heavy atom. The Bertz CT molecular complexity index is 771. The summed E-state index contributed by atoms with van der Waals surface area (Å²) in [6, 6.07) is 0. The van der Waals surface area contributed by atoms with Crippen molar-refractivity contribution in [3.63, 3.8) is 0 Å². The van der Waals surface area contributed by atoms with Gasteiger partial charge >= 0.3 is 0 Å². The molecule has 162 valence electrons. The van der Waals surface area contributed by atoms with E-state index in [1.54, 1.807) is 0 Å². The second-order valence-corrected chi connectivity index (χ2v) is 9.03. The molecule has 1 saturated heterocycles. The molecule has 0 atom stereocenters. The quantitative estimate of drug-likeness (QED) is 0.624. The van der Waals surface area contributed by atoms with Crippen LogP contribution in [0.3, 0.4) is 0 Å². The largest absolute Gasteiger partial charge is 0.382 e. The van der Waals surface area contributed by atoms with E-state index in [2.05, 4.69) is 62.3 Å². The fraction of sp³-hybridized carbons (Fsp3) is 0.762. The van der Waals surface area contributed by atoms with Crippen LogP contribution in [-0.2, 0) is 6.54 Å². The third kappa shape index (κ3) is 5.79. The molecule has 3 rings (SSSR count). The standard InChI is InChI=1S/C21H38N8/c1-5-6-9-23-20-25-18(22)17-19(26-20)28(16-24-17)11-8-7-10-27-12-14-29(15-13-27)21(2,3)4/h16H,5-15H2,1-4H3,(H3,22,23,25,26). The van der Waals surface area contributed by atoms with Gasteiger partial charge in [-0.3, -0.25) is 4.90 Å². The summed E-state index contributed by atoms with van der Waals surface area (Å²) in [5, 5.41) is 3.27. The van der Waals surface area contributed by atoms with Gasteiger partial charge in [0, 0.05) is 44.8 Å². The number of hydrogen-bond donors (Lipinski definition) is 2. The first-order chi connectivity index (χ1) is 13.9. The van der Waals surface area contributed by atoms with Crippen LogP contribution in [0, 0.1) is 0 Å². The number of aromatic nitrogens is 4. The lowest BCUT2D eigenvalue weighted by atomic mass is 10.0. The van der Waals surface area contributed by atoms with Crippen molar-refractivity contribution in [2.75, 3.05) is 50.3 Å². The monoisotopic (exact) mass is 402 g/mol. The zero-order valence-corrected chi connectivity index (χ0v) is 18.6. The number of nitrogens with two attached hydrogens (primary N) is 1. The number of piperazine rings is 1. The first-order valence-electron chi connectivity index (χ1n) is 11.1. The molecule has 0 spiro atoms. The molecule has 0 amide bonds. The maximum absolute atomic E-state index is 6.09. The molecular weight excluding hydrogens is 364 g/mol. The molecule has 3 N–H and O–H groups in total. The lowest BCUT2D eigenvalue weighted by Gasteiger charge is -2.42. The van der Waals surface area contributed by atoms with Gasteiger partial charge in [0.1, 0.15) is 5.52 Å². The van der Waals surface area contributed by atoms with E-state index in [0.717, 1.165) is 44.5 Å². The van der Waals surface area contributed by atoms with Crippen LogP contribution in [0.4, 0.5) is 11.8 Å². The molecule has 8 nitrogen and oxygen atoms in total. The van der Waals surface area contributed by atoms with Gasteiger partial charge in [0.15, 0.2) is 11.5 Å². The minimum Gasteiger partial charge on any atom is -0.382 e. The maximum atomic E-state index is 6.09. The highest BCUT2D eigenvalue weighted by Gasteiger charge is 2.25. The summed E-state index contributed by atoms with van der Waals surface area (Å²) < 4.78 is 2.11. The van der Waals surface area contributed by atoms with Crippen LogP contribution in [0.5, 0.6) is 0 Å². The number of unbranched alkanes of at least 4 members (excludes halogenated alkanes) is 2. The topological polar surface area (TPSA) is 88.1 Å². The molecule has 0 bridgehead atoms. The van der Waals surface area contributed by atoms with E-state index < -0.39 is 0 Å². The molecule has 2 aromatic rings. The summed E-state index contributed by atoms with van der Waals surface area (Å²) in [6.45, 7) is 16.7. The fourth-order valence-electron chi connectivity index (χ4n) is 3.85. The molecule has 29 heavy (non-hydrogen) atoms. The minimum absolute atomic E-state index is 0.280. The predicted octanol–water partition coefficient (Wildman–Crippen LogP) is 2.82. The summed E-state index contributed by atoms with van der Waals surface area (Å²) >= 11 is 0. The third-order valence-corrected chi connectivity index (χ3v) is 5.75. The lowest BCUT2D eigenvalue weighted by Crippen LogP contribution is -2.53. The Hall–Kier alpha value is -1.93. The maximum Gasteiger partial charge on any atom is 0.226 e. The Labute approximate surface area is 174 Å². The fourth-order valence-corrected chi connectivity index (χ4v) is 3.85. The summed E-state index contributed by atoms with van der Waals surface area (Å²) in [5.74, 6) is 1.05. The van der Waals surface area contributed by atoms with Gasteiger partial charge < -0.3 is 20.5 Å². The van der Waals surface area contributed by atoms with E-state index >= 15 is 0 Å². The number of anilines is 2. The number of hydrogen-bond acceptors (Lipinski definition) is 7. The van der Waals surface area contributed by atoms with Crippen LogP contribution in [0.2, 0.25) is 0 Å². The molecule has 0 unspecified atom stereocenters. The Morgan fingerprint density at radius 1 is 1.03 bits per heavy atom. The Morgan fingerprint density at radius 2 is 1.76 bits per heavy atom. The average molecular weight is 403 g/mol. The molecule has 1 aliphatic heterocycles. The van der Waals surface area contributed by atoms with Crippen LogP contribution < -0.4 is 11.1 Å². The van der Waals surface area contributed by atoms with Gasteiger partial charge in [-0.25, -0.2) is 4.98 Å². The van der Waals surface area contributed by atoms with E-state index in [4.69, 9.17) is 5.73 Å². The van der Waals surface area contributed by atoms with E-state index in [0.29, 0.717) is 17.3 Å². The average Bonchev–Trinajstić information content (AvgIpc) is 3.09. The predicted molar refractivity (Wildman–Crippen MR) is 120 cm³/mol. The van der Waals surface area contributed by atoms with Crippen molar-refractivity contribution in [3.05, 3.63) is 6.33 Å². The number of fused-ring (bicyclic) bond motifs is 1. The number of rotatable bonds is 9. The molecule has 1 fully saturated rings. The van der Waals surface area contributed by atoms with Gasteiger partial charge in [-0.05, 0) is 46.6 Å². The van der Waals surface area contributed by atoms with Crippen molar-refractivity contribution in [3.8, 4) is 0 Å². The summed E-state index contributed by atoms with van der Waals surface area (Å²) in [7, 11) is 0. The van der Waals surface area contributed by atoms with Crippen molar-refractivity contribution < 1.29 is 0 Å². The minimum atomic E-state index is 0.280. The van der Waals surface area contributed by atoms with Crippen molar-refractivity contribution >= 4 is 22.9 Å². The Kier molecular flexibility index (Phi) is 7.29. The number of aryl methyl sites for hydroxylation is 1. The van der Waals surface area contributed by atoms with Crippen LogP contribution >= 0.6 is 0 Å². The van der Waals surface area contributed by atoms with Crippen LogP contribution in [-0.4, -0.2) is 74.1 Å². The first-order valence-corrected chi connectivity index (χ1v) is 11.1. The zero-order valence-electron chi connectivity index (χ0n) is 18.6. The van der Waals surface area contributed by atoms with Gasteiger partial charge in [-0.2, -0.15) is 9.97 Å². The van der Waals surface area contributed by atoms with E-state index in [9.17, 15) is 0 Å². The van der Waals surface area contributed by atoms with Crippen molar-refractivity contribution in [1.82, 2.24) is 29.3 Å². The third-order valence-electron chi connectivity index (χ3n) is 5.75. The van der Waals surface area contributed by atoms with Crippen molar-refractivity contribution in [2.45, 2.75) is 65.5 Å². The second-order valence-electron chi connectivity index (χ2n) is 9.03. The smallest absolute Gasteiger partial charge is 0.226 e. The zero-order chi connectivity index (χ0) is 20.9. The van der Waals surface area contributed by atoms with Crippen LogP contribution in [0.1, 0.15) is 53.4 Å². The molecule has 0 saturated carbocycles. The normalized spacial score (nSPS) is 16.6. The number of nitrogens with one attached hydrogen (secondary N) is 1. The van der Waals surface area contributed by atoms with Gasteiger partial charge in [0.25, 0.3) is 0 Å². The van der Waals surface area contributed by atoms with Gasteiger partial charge in [0.05, 0.1) is 6.33 Å². The number of imidazole rings is 1. The van der Waals surface area contributed by atoms with Crippen molar-refractivity contribution in [2.24, 2.45) is 0 Å². The summed E-state index contributed by atoms with van der Waals surface area (Å²) in [5.41, 5.74) is 7.90. The summed E-state index contributed by atoms with van der Waals surface area (Å²) in [4.78, 5) is 18.6. The first kappa shape index (κ1) is 21.8. The second kappa shape index (κ2) is 9.71. The van der Waals surface area contributed by atoms with E-state index in [-0.39, 0.29) is 5.54 Å². The van der Waals surface area contributed by atoms with E-state index in [1.165, 1.54) is 32.6 Å². The molecule has 0 aromatic carbocycles. The number of nitrogens with zero attached hydrogens (tertiary/aromatic N) is 6. The Balaban J connectivity index is 1.48. The van der Waals surface area contributed by atoms with Crippen LogP contribution in [0.15, 0.2) is 6.33 Å². The van der Waals surface area contributed by atoms with Crippen LogP contribution in [0.25, 0.3) is 11.2 Å². The van der Waals surface area contributed by atoms with Crippen molar-refractivity contribution in [1.29, 1.82) is 0 Å². The van der Waals surface area contributed by atoms with Gasteiger partial charge in [-0.1, -0.05) is 13.3 Å². The van der Waals surface area contributed by atoms with Gasteiger partial charge in [0.2, 0.25) is 5.95 Å². The number of nitrogen functional groups attached to an aromatic ring is 1. The molecule has 0 aliphatic carbocycles. The molecule has 3 heterocycles. The SMILES string of the molecule is CCCCNc1nc(N)c2ncn(CCCCN3CCN(C(C)(C)C)CC3)c2n1. The molecular formula is C21H38N8. The highest BCUT2D eigenvalue weighted by Crippen LogP contribution is 2.19. The molecule has 8 heteroatoms. The molecule has 0 radical (unpaired) electrons. The highest BCUT2D eigenvalue weighted by atomic mass is 15.3. The molecule has 2 aromatic heterocycles. The highest BCUT2D eigenvalue weighted by molar-refractivity contribution is 5.82. The molecule has 1 aliphatic rings. The summed E-state index contributed by atoms with van der Waals surface area (Å²) in [6.07, 6.45) is 6.34. The lowest BCUT2D eigenvalue weighted by molar-refractivity contribution is 0.0615. The van der Waals surface area contributed by atoms with E-state index in [1.807, 2.05) is 6.33 Å². The van der Waals surface area contributed by atoms with Gasteiger partial charge in [-0.15, -0.1) is 0 Å².